The van der Waals surface area contributed by atoms with E-state index < -0.39 is 5.92 Å². The van der Waals surface area contributed by atoms with E-state index in [1.165, 1.54) is 5.01 Å². The van der Waals surface area contributed by atoms with Crippen LogP contribution in [0.2, 0.25) is 0 Å². The van der Waals surface area contributed by atoms with Gasteiger partial charge in [-0.25, -0.2) is 0 Å². The molecule has 1 unspecified atom stereocenters. The number of anilines is 2. The summed E-state index contributed by atoms with van der Waals surface area (Å²) >= 11 is 5.44. The first-order valence-electron chi connectivity index (χ1n) is 7.49. The van der Waals surface area contributed by atoms with Crippen LogP contribution in [0.15, 0.2) is 59.7 Å². The van der Waals surface area contributed by atoms with Crippen molar-refractivity contribution in [3.8, 4) is 5.75 Å². The second kappa shape index (κ2) is 6.80. The van der Waals surface area contributed by atoms with E-state index in [1.807, 2.05) is 61.5 Å². The number of nitrogens with one attached hydrogen (secondary N) is 1. The van der Waals surface area contributed by atoms with Crippen LogP contribution in [-0.2, 0) is 4.79 Å². The summed E-state index contributed by atoms with van der Waals surface area (Å²) in [5.74, 6) is 0.0587. The molecule has 2 aromatic carbocycles. The molecule has 1 amide bonds. The van der Waals surface area contributed by atoms with Gasteiger partial charge in [-0.15, -0.1) is 0 Å². The predicted molar refractivity (Wildman–Crippen MR) is 99.7 cm³/mol. The van der Waals surface area contributed by atoms with Gasteiger partial charge in [0.2, 0.25) is 0 Å². The van der Waals surface area contributed by atoms with E-state index in [4.69, 9.17) is 17.0 Å². The monoisotopic (exact) mass is 339 g/mol. The van der Waals surface area contributed by atoms with Gasteiger partial charge in [0.25, 0.3) is 5.91 Å². The highest BCUT2D eigenvalue weighted by molar-refractivity contribution is 7.80. The summed E-state index contributed by atoms with van der Waals surface area (Å²) in [5.41, 5.74) is 2.21. The van der Waals surface area contributed by atoms with E-state index in [0.29, 0.717) is 10.7 Å². The van der Waals surface area contributed by atoms with E-state index in [9.17, 15) is 4.79 Å². The summed E-state index contributed by atoms with van der Waals surface area (Å²) in [6.45, 7) is 1.81. The summed E-state index contributed by atoms with van der Waals surface area (Å²) in [5, 5.41) is 8.88. The molecule has 1 aliphatic rings. The number of carbonyl (C=O) groups is 1. The highest BCUT2D eigenvalue weighted by Gasteiger charge is 2.37. The van der Waals surface area contributed by atoms with Crippen molar-refractivity contribution in [2.75, 3.05) is 17.4 Å². The fraction of sp³-hybridized carbons (Fsp3) is 0.167. The minimum atomic E-state index is -0.553. The third kappa shape index (κ3) is 3.14. The smallest absolute Gasteiger partial charge is 0.263 e. The van der Waals surface area contributed by atoms with Crippen LogP contribution in [0.1, 0.15) is 6.92 Å². The van der Waals surface area contributed by atoms with Crippen LogP contribution in [0, 0.1) is 5.92 Å². The van der Waals surface area contributed by atoms with Crippen molar-refractivity contribution in [1.82, 2.24) is 0 Å². The standard InChI is InChI=1S/C18H17N3O2S/c1-12-16(17(24)19-13-8-10-15(23-2)11-9-13)18(22)21(20-12)14-6-4-3-5-7-14/h3-11,16H,1-2H3,(H,19,24). The normalized spacial score (nSPS) is 16.8. The Balaban J connectivity index is 1.75. The molecular weight excluding hydrogens is 322 g/mol. The minimum Gasteiger partial charge on any atom is -0.497 e. The number of hydrazone groups is 1. The number of nitrogens with zero attached hydrogens (tertiary/aromatic N) is 2. The van der Waals surface area contributed by atoms with Crippen LogP contribution < -0.4 is 15.1 Å². The summed E-state index contributed by atoms with van der Waals surface area (Å²) in [6, 6.07) is 16.7. The average Bonchev–Trinajstić information content (AvgIpc) is 2.91. The second-order valence-corrected chi connectivity index (χ2v) is 5.82. The largest absolute Gasteiger partial charge is 0.497 e. The van der Waals surface area contributed by atoms with Crippen LogP contribution in [0.5, 0.6) is 5.75 Å². The lowest BCUT2D eigenvalue weighted by Crippen LogP contribution is -2.35. The zero-order valence-corrected chi connectivity index (χ0v) is 14.2. The molecule has 122 valence electrons. The Morgan fingerprint density at radius 3 is 2.46 bits per heavy atom. The molecular formula is C18H17N3O2S. The van der Waals surface area contributed by atoms with Crippen molar-refractivity contribution in [2.24, 2.45) is 11.0 Å². The van der Waals surface area contributed by atoms with Gasteiger partial charge in [-0.3, -0.25) is 4.79 Å². The Morgan fingerprint density at radius 2 is 1.83 bits per heavy atom. The number of hydrogen-bond acceptors (Lipinski definition) is 4. The molecule has 5 nitrogen and oxygen atoms in total. The van der Waals surface area contributed by atoms with Gasteiger partial charge in [0.05, 0.1) is 23.5 Å². The molecule has 0 saturated carbocycles. The summed E-state index contributed by atoms with van der Waals surface area (Å²) in [6.07, 6.45) is 0. The molecule has 6 heteroatoms. The molecule has 0 saturated heterocycles. The van der Waals surface area contributed by atoms with Crippen molar-refractivity contribution < 1.29 is 9.53 Å². The Bertz CT molecular complexity index is 788. The van der Waals surface area contributed by atoms with Crippen molar-refractivity contribution in [1.29, 1.82) is 0 Å². The zero-order chi connectivity index (χ0) is 17.1. The number of para-hydroxylation sites is 1. The molecule has 0 aliphatic carbocycles. The van der Waals surface area contributed by atoms with Gasteiger partial charge in [-0.1, -0.05) is 30.4 Å². The Morgan fingerprint density at radius 1 is 1.17 bits per heavy atom. The number of benzene rings is 2. The van der Waals surface area contributed by atoms with Crippen LogP contribution in [-0.4, -0.2) is 23.7 Å². The topological polar surface area (TPSA) is 53.9 Å². The minimum absolute atomic E-state index is 0.148. The zero-order valence-electron chi connectivity index (χ0n) is 13.4. The number of methoxy groups -OCH3 is 1. The van der Waals surface area contributed by atoms with Gasteiger partial charge >= 0.3 is 0 Å². The molecule has 0 bridgehead atoms. The third-order valence-corrected chi connectivity index (χ3v) is 4.09. The fourth-order valence-corrected chi connectivity index (χ4v) is 2.90. The number of carbonyl (C=O) groups excluding carboxylic acids is 1. The maximum Gasteiger partial charge on any atom is 0.263 e. The molecule has 1 atom stereocenters. The first-order valence-corrected chi connectivity index (χ1v) is 7.90. The van der Waals surface area contributed by atoms with Crippen molar-refractivity contribution in [3.05, 3.63) is 54.6 Å². The van der Waals surface area contributed by atoms with Crippen molar-refractivity contribution >= 4 is 40.2 Å². The molecule has 1 aliphatic heterocycles. The maximum absolute atomic E-state index is 12.7. The van der Waals surface area contributed by atoms with Crippen molar-refractivity contribution in [3.63, 3.8) is 0 Å². The Hall–Kier alpha value is -2.73. The van der Waals surface area contributed by atoms with Gasteiger partial charge in [-0.05, 0) is 43.3 Å². The molecule has 0 aromatic heterocycles. The van der Waals surface area contributed by atoms with E-state index in [-0.39, 0.29) is 5.91 Å². The van der Waals surface area contributed by atoms with Gasteiger partial charge < -0.3 is 10.1 Å². The van der Waals surface area contributed by atoms with Gasteiger partial charge in [0, 0.05) is 5.69 Å². The molecule has 1 N–H and O–H groups in total. The van der Waals surface area contributed by atoms with E-state index in [0.717, 1.165) is 17.1 Å². The lowest BCUT2D eigenvalue weighted by Gasteiger charge is -2.16. The summed E-state index contributed by atoms with van der Waals surface area (Å²) < 4.78 is 5.13. The number of amides is 1. The second-order valence-electron chi connectivity index (χ2n) is 5.38. The van der Waals surface area contributed by atoms with Gasteiger partial charge in [0.1, 0.15) is 11.7 Å². The summed E-state index contributed by atoms with van der Waals surface area (Å²) in [4.78, 5) is 13.1. The molecule has 24 heavy (non-hydrogen) atoms. The third-order valence-electron chi connectivity index (χ3n) is 3.75. The number of hydrogen-bond donors (Lipinski definition) is 1. The first kappa shape index (κ1) is 16.1. The van der Waals surface area contributed by atoms with E-state index in [2.05, 4.69) is 10.4 Å². The number of rotatable bonds is 4. The highest BCUT2D eigenvalue weighted by Crippen LogP contribution is 2.25. The van der Waals surface area contributed by atoms with E-state index in [1.54, 1.807) is 7.11 Å². The SMILES string of the molecule is COc1ccc(NC(=S)C2C(=O)N(c3ccccc3)N=C2C)cc1. The Labute approximate surface area is 145 Å². The van der Waals surface area contributed by atoms with Gasteiger partial charge in [-0.2, -0.15) is 10.1 Å². The first-order chi connectivity index (χ1) is 11.6. The number of thiocarbonyl (C=S) groups is 1. The molecule has 1 heterocycles. The van der Waals surface area contributed by atoms with Crippen LogP contribution >= 0.6 is 12.2 Å². The average molecular weight is 339 g/mol. The van der Waals surface area contributed by atoms with E-state index >= 15 is 0 Å². The maximum atomic E-state index is 12.7. The molecule has 3 rings (SSSR count). The quantitative estimate of drug-likeness (QED) is 0.867. The molecule has 2 aromatic rings. The lowest BCUT2D eigenvalue weighted by molar-refractivity contribution is -0.118. The lowest BCUT2D eigenvalue weighted by atomic mass is 10.0. The highest BCUT2D eigenvalue weighted by atomic mass is 32.1. The van der Waals surface area contributed by atoms with Crippen molar-refractivity contribution in [2.45, 2.75) is 6.92 Å². The molecule has 0 radical (unpaired) electrons. The Kier molecular flexibility index (Phi) is 4.57. The predicted octanol–water partition coefficient (Wildman–Crippen LogP) is 3.47. The van der Waals surface area contributed by atoms with Crippen LogP contribution in [0.3, 0.4) is 0 Å². The fourth-order valence-electron chi connectivity index (χ4n) is 2.51. The van der Waals surface area contributed by atoms with Gasteiger partial charge in [0.15, 0.2) is 0 Å². The van der Waals surface area contributed by atoms with Crippen LogP contribution in [0.25, 0.3) is 0 Å². The molecule has 0 fully saturated rings. The summed E-state index contributed by atoms with van der Waals surface area (Å²) in [7, 11) is 1.61. The number of ether oxygens (including phenoxy) is 1. The van der Waals surface area contributed by atoms with Crippen LogP contribution in [0.4, 0.5) is 11.4 Å². The molecule has 0 spiro atoms.